The number of nitrogens with one attached hydrogen (secondary N) is 1. The van der Waals surface area contributed by atoms with E-state index in [2.05, 4.69) is 31.9 Å². The molecule has 0 radical (unpaired) electrons. The van der Waals surface area contributed by atoms with Gasteiger partial charge in [-0.15, -0.1) is 6.54 Å². The minimum atomic E-state index is -0.785. The molecule has 1 nitrogen and oxygen atoms in total. The van der Waals surface area contributed by atoms with Gasteiger partial charge in [0.15, 0.2) is 0 Å². The van der Waals surface area contributed by atoms with Gasteiger partial charge in [-0.1, -0.05) is 19.6 Å². The zero-order valence-corrected chi connectivity index (χ0v) is 8.83. The monoisotopic (exact) mass is 151 g/mol. The molecule has 0 saturated heterocycles. The molecule has 0 saturated carbocycles. The second kappa shape index (κ2) is 6.48. The van der Waals surface area contributed by atoms with Crippen LogP contribution in [0.25, 0.3) is 0 Å². The first-order chi connectivity index (χ1) is 4.06. The molecule has 10 heavy (non-hydrogen) atoms. The third kappa shape index (κ3) is 11.6. The van der Waals surface area contributed by atoms with Gasteiger partial charge in [0, 0.05) is 8.07 Å². The van der Waals surface area contributed by atoms with Crippen molar-refractivity contribution in [3.05, 3.63) is 6.92 Å². The third-order valence-corrected chi connectivity index (χ3v) is 2.98. The van der Waals surface area contributed by atoms with Crippen molar-refractivity contribution in [3.63, 3.8) is 0 Å². The Labute approximate surface area is 78.2 Å². The van der Waals surface area contributed by atoms with Crippen LogP contribution < -0.4 is 24.2 Å². The topological polar surface area (TPSA) is 12.0 Å². The van der Waals surface area contributed by atoms with Crippen LogP contribution in [0.3, 0.4) is 0 Å². The van der Waals surface area contributed by atoms with E-state index in [0.717, 1.165) is 13.1 Å². The van der Waals surface area contributed by atoms with Gasteiger partial charge in [-0.05, 0) is 12.6 Å². The maximum absolute atomic E-state index is 3.71. The molecule has 0 heterocycles. The minimum Gasteiger partial charge on any atom is -0.347 e. The molecule has 0 rings (SSSR count). The molecule has 1 N–H and O–H groups in total. The van der Waals surface area contributed by atoms with Gasteiger partial charge in [0.1, 0.15) is 0 Å². The smallest absolute Gasteiger partial charge is 0.347 e. The summed E-state index contributed by atoms with van der Waals surface area (Å²) < 4.78 is 0. The summed E-state index contributed by atoms with van der Waals surface area (Å²) in [6.07, 6.45) is 0. The summed E-state index contributed by atoms with van der Waals surface area (Å²) in [7, 11) is -0.785. The summed E-state index contributed by atoms with van der Waals surface area (Å²) >= 11 is 0. The Morgan fingerprint density at radius 2 is 1.80 bits per heavy atom. The molecule has 0 atom stereocenters. The van der Waals surface area contributed by atoms with E-state index in [0.29, 0.717) is 0 Å². The SMILES string of the molecule is [CH2-]CNCC[Si](C)(C)C.[Li+]. The molecule has 3 heteroatoms. The van der Waals surface area contributed by atoms with Gasteiger partial charge in [-0.2, -0.15) is 0 Å². The van der Waals surface area contributed by atoms with E-state index in [1.54, 1.807) is 0 Å². The molecule has 0 unspecified atom stereocenters. The summed E-state index contributed by atoms with van der Waals surface area (Å²) in [5.74, 6) is 0. The summed E-state index contributed by atoms with van der Waals surface area (Å²) in [6, 6.07) is 1.36. The fourth-order valence-corrected chi connectivity index (χ4v) is 1.52. The predicted molar refractivity (Wildman–Crippen MR) is 46.4 cm³/mol. The summed E-state index contributed by atoms with van der Waals surface area (Å²) in [5, 5.41) is 3.23. The second-order valence-corrected chi connectivity index (χ2v) is 9.18. The molecule has 0 aromatic heterocycles. The van der Waals surface area contributed by atoms with Crippen molar-refractivity contribution < 1.29 is 18.9 Å². The van der Waals surface area contributed by atoms with Crippen LogP contribution in [0.1, 0.15) is 0 Å². The quantitative estimate of drug-likeness (QED) is 0.301. The van der Waals surface area contributed by atoms with Crippen LogP contribution in [-0.2, 0) is 0 Å². The molecule has 0 bridgehead atoms. The Morgan fingerprint density at radius 1 is 1.30 bits per heavy atom. The maximum Gasteiger partial charge on any atom is 1.00 e. The van der Waals surface area contributed by atoms with Crippen LogP contribution in [0, 0.1) is 6.92 Å². The van der Waals surface area contributed by atoms with Crippen molar-refractivity contribution in [3.8, 4) is 0 Å². The average Bonchev–Trinajstić information content (AvgIpc) is 1.63. The zero-order valence-electron chi connectivity index (χ0n) is 7.83. The van der Waals surface area contributed by atoms with Gasteiger partial charge in [0.25, 0.3) is 0 Å². The Bertz CT molecular complexity index is 70.5. The van der Waals surface area contributed by atoms with Crippen LogP contribution in [0.2, 0.25) is 25.7 Å². The molecule has 56 valence electrons. The molecule has 0 fully saturated rings. The molecule has 0 aliphatic rings. The Balaban J connectivity index is 0. The van der Waals surface area contributed by atoms with E-state index >= 15 is 0 Å². The predicted octanol–water partition coefficient (Wildman–Crippen LogP) is -1.25. The first-order valence-corrected chi connectivity index (χ1v) is 7.27. The molecule has 0 spiro atoms. The molecule has 0 aromatic carbocycles. The van der Waals surface area contributed by atoms with Gasteiger partial charge in [-0.3, -0.25) is 0 Å². The Morgan fingerprint density at radius 3 is 2.10 bits per heavy atom. The van der Waals surface area contributed by atoms with E-state index in [1.807, 2.05) is 0 Å². The molecule has 0 aromatic rings. The standard InChI is InChI=1S/C7H18NSi.Li/c1-5-8-6-7-9(2,3)4;/h8H,1,5-7H2,2-4H3;/q-1;+1. The number of hydrogen-bond acceptors (Lipinski definition) is 1. The minimum absolute atomic E-state index is 0. The first kappa shape index (κ1) is 13.4. The molecular weight excluding hydrogens is 133 g/mol. The van der Waals surface area contributed by atoms with Gasteiger partial charge in [-0.25, -0.2) is 0 Å². The van der Waals surface area contributed by atoms with Crippen molar-refractivity contribution in [2.75, 3.05) is 13.1 Å². The largest absolute Gasteiger partial charge is 1.00 e. The van der Waals surface area contributed by atoms with Crippen molar-refractivity contribution >= 4 is 8.07 Å². The van der Waals surface area contributed by atoms with E-state index in [-0.39, 0.29) is 18.9 Å². The first-order valence-electron chi connectivity index (χ1n) is 3.56. The third-order valence-electron chi connectivity index (χ3n) is 1.23. The fraction of sp³-hybridized carbons (Fsp3) is 0.857. The Kier molecular flexibility index (Phi) is 8.67. The maximum atomic E-state index is 3.71. The van der Waals surface area contributed by atoms with Crippen molar-refractivity contribution in [1.29, 1.82) is 0 Å². The van der Waals surface area contributed by atoms with E-state index in [9.17, 15) is 0 Å². The van der Waals surface area contributed by atoms with E-state index in [4.69, 9.17) is 0 Å². The zero-order chi connectivity index (χ0) is 7.33. The second-order valence-electron chi connectivity index (χ2n) is 3.56. The Hall–Kier alpha value is 0.774. The van der Waals surface area contributed by atoms with Crippen molar-refractivity contribution in [1.82, 2.24) is 5.32 Å². The van der Waals surface area contributed by atoms with E-state index < -0.39 is 8.07 Å². The summed E-state index contributed by atoms with van der Waals surface area (Å²) in [6.45, 7) is 12.9. The van der Waals surface area contributed by atoms with Gasteiger partial charge in [0.05, 0.1) is 0 Å². The van der Waals surface area contributed by atoms with Crippen LogP contribution in [0.15, 0.2) is 0 Å². The number of hydrogen-bond donors (Lipinski definition) is 1. The van der Waals surface area contributed by atoms with Crippen LogP contribution in [0.4, 0.5) is 0 Å². The fourth-order valence-electron chi connectivity index (χ4n) is 0.588. The average molecular weight is 151 g/mol. The summed E-state index contributed by atoms with van der Waals surface area (Å²) in [4.78, 5) is 0. The molecule has 0 aliphatic heterocycles. The van der Waals surface area contributed by atoms with E-state index in [1.165, 1.54) is 6.04 Å². The van der Waals surface area contributed by atoms with Crippen molar-refractivity contribution in [2.45, 2.75) is 25.7 Å². The van der Waals surface area contributed by atoms with Crippen molar-refractivity contribution in [2.24, 2.45) is 0 Å². The van der Waals surface area contributed by atoms with Crippen LogP contribution >= 0.6 is 0 Å². The summed E-state index contributed by atoms with van der Waals surface area (Å²) in [5.41, 5.74) is 0. The van der Waals surface area contributed by atoms with Gasteiger partial charge >= 0.3 is 18.9 Å². The molecular formula is C7H18LiNSi. The van der Waals surface area contributed by atoms with Gasteiger partial charge in [0.2, 0.25) is 0 Å². The number of rotatable bonds is 4. The van der Waals surface area contributed by atoms with Crippen LogP contribution in [0.5, 0.6) is 0 Å². The van der Waals surface area contributed by atoms with Crippen LogP contribution in [-0.4, -0.2) is 21.2 Å². The van der Waals surface area contributed by atoms with Gasteiger partial charge < -0.3 is 12.2 Å². The molecule has 0 aliphatic carbocycles. The molecule has 0 amide bonds. The normalized spacial score (nSPS) is 10.8.